The zero-order valence-electron chi connectivity index (χ0n) is 16.8. The van der Waals surface area contributed by atoms with Gasteiger partial charge in [-0.25, -0.2) is 0 Å². The van der Waals surface area contributed by atoms with Crippen molar-refractivity contribution in [3.05, 3.63) is 0 Å². The van der Waals surface area contributed by atoms with E-state index in [0.29, 0.717) is 39.6 Å². The molecular weight excluding hydrogens is 354 g/mol. The number of rotatable bonds is 12. The summed E-state index contributed by atoms with van der Waals surface area (Å²) in [6, 6.07) is 0. The SMILES string of the molecule is CCOCCC(=O)N1CN(C(=O)CCOCC)CN(C(=O)CCOCC)C1. The van der Waals surface area contributed by atoms with Gasteiger partial charge in [0.05, 0.1) is 59.1 Å². The highest BCUT2D eigenvalue weighted by Crippen LogP contribution is 2.12. The van der Waals surface area contributed by atoms with Gasteiger partial charge in [-0.2, -0.15) is 0 Å². The van der Waals surface area contributed by atoms with Crippen LogP contribution in [0.2, 0.25) is 0 Å². The Morgan fingerprint density at radius 1 is 0.593 bits per heavy atom. The van der Waals surface area contributed by atoms with E-state index in [-0.39, 0.29) is 57.0 Å². The highest BCUT2D eigenvalue weighted by Gasteiger charge is 2.31. The van der Waals surface area contributed by atoms with E-state index in [9.17, 15) is 14.4 Å². The molecule has 0 bridgehead atoms. The lowest BCUT2D eigenvalue weighted by Gasteiger charge is -2.42. The molecule has 1 fully saturated rings. The molecule has 0 N–H and O–H groups in total. The summed E-state index contributed by atoms with van der Waals surface area (Å²) in [5.74, 6) is -0.435. The Hall–Kier alpha value is -1.71. The Labute approximate surface area is 161 Å². The monoisotopic (exact) mass is 387 g/mol. The van der Waals surface area contributed by atoms with Gasteiger partial charge in [-0.15, -0.1) is 0 Å². The Kier molecular flexibility index (Phi) is 11.6. The van der Waals surface area contributed by atoms with Crippen LogP contribution in [-0.4, -0.2) is 92.1 Å². The highest BCUT2D eigenvalue weighted by atomic mass is 16.5. The van der Waals surface area contributed by atoms with Crippen LogP contribution in [0.25, 0.3) is 0 Å². The third-order valence-electron chi connectivity index (χ3n) is 4.08. The average molecular weight is 387 g/mol. The lowest BCUT2D eigenvalue weighted by Crippen LogP contribution is -2.59. The molecule has 9 nitrogen and oxygen atoms in total. The maximum absolute atomic E-state index is 12.5. The Morgan fingerprint density at radius 2 is 0.852 bits per heavy atom. The maximum atomic E-state index is 12.5. The molecule has 1 heterocycles. The Morgan fingerprint density at radius 3 is 1.07 bits per heavy atom. The predicted molar refractivity (Wildman–Crippen MR) is 98.5 cm³/mol. The lowest BCUT2D eigenvalue weighted by atomic mass is 10.3. The summed E-state index contributed by atoms with van der Waals surface area (Å²) in [7, 11) is 0. The fraction of sp³-hybridized carbons (Fsp3) is 0.833. The second-order valence-electron chi connectivity index (χ2n) is 6.07. The fourth-order valence-corrected chi connectivity index (χ4v) is 2.61. The fourth-order valence-electron chi connectivity index (χ4n) is 2.61. The van der Waals surface area contributed by atoms with Gasteiger partial charge in [0.2, 0.25) is 17.7 Å². The number of carbonyl (C=O) groups excluding carboxylic acids is 3. The maximum Gasteiger partial charge on any atom is 0.227 e. The molecule has 0 unspecified atom stereocenters. The zero-order chi connectivity index (χ0) is 20.1. The van der Waals surface area contributed by atoms with Gasteiger partial charge in [0, 0.05) is 19.8 Å². The number of hydrogen-bond acceptors (Lipinski definition) is 6. The van der Waals surface area contributed by atoms with Crippen LogP contribution in [0.4, 0.5) is 0 Å². The van der Waals surface area contributed by atoms with E-state index >= 15 is 0 Å². The summed E-state index contributed by atoms with van der Waals surface area (Å²) in [5.41, 5.74) is 0. The number of hydrogen-bond donors (Lipinski definition) is 0. The summed E-state index contributed by atoms with van der Waals surface area (Å²) >= 11 is 0. The van der Waals surface area contributed by atoms with Gasteiger partial charge in [-0.3, -0.25) is 14.4 Å². The summed E-state index contributed by atoms with van der Waals surface area (Å²) < 4.78 is 15.7. The second-order valence-corrected chi connectivity index (χ2v) is 6.07. The van der Waals surface area contributed by atoms with Crippen LogP contribution in [0.5, 0.6) is 0 Å². The van der Waals surface area contributed by atoms with E-state index in [1.54, 1.807) is 0 Å². The highest BCUT2D eigenvalue weighted by molar-refractivity contribution is 5.82. The molecule has 1 rings (SSSR count). The summed E-state index contributed by atoms with van der Waals surface area (Å²) in [4.78, 5) is 41.9. The normalized spacial score (nSPS) is 14.6. The molecular formula is C18H33N3O6. The molecule has 1 aliphatic heterocycles. The van der Waals surface area contributed by atoms with Crippen LogP contribution < -0.4 is 0 Å². The molecule has 0 saturated carbocycles. The average Bonchev–Trinajstić information content (AvgIpc) is 2.67. The zero-order valence-corrected chi connectivity index (χ0v) is 16.8. The van der Waals surface area contributed by atoms with Crippen molar-refractivity contribution in [2.75, 3.05) is 59.6 Å². The minimum absolute atomic E-state index is 0.145. The lowest BCUT2D eigenvalue weighted by molar-refractivity contribution is -0.159. The van der Waals surface area contributed by atoms with Crippen LogP contribution in [-0.2, 0) is 28.6 Å². The first-order valence-corrected chi connectivity index (χ1v) is 9.59. The van der Waals surface area contributed by atoms with Crippen LogP contribution in [0.15, 0.2) is 0 Å². The molecule has 0 atom stereocenters. The van der Waals surface area contributed by atoms with Crippen molar-refractivity contribution in [3.8, 4) is 0 Å². The molecule has 156 valence electrons. The van der Waals surface area contributed by atoms with Gasteiger partial charge in [-0.1, -0.05) is 0 Å². The van der Waals surface area contributed by atoms with Gasteiger partial charge in [0.25, 0.3) is 0 Å². The standard InChI is InChI=1S/C18H33N3O6/c1-4-25-10-7-16(22)19-13-20(17(23)8-11-26-5-2)15-21(14-19)18(24)9-12-27-6-3/h4-15H2,1-3H3. The summed E-state index contributed by atoms with van der Waals surface area (Å²) in [6.07, 6.45) is 0.654. The van der Waals surface area contributed by atoms with Crippen molar-refractivity contribution in [3.63, 3.8) is 0 Å². The van der Waals surface area contributed by atoms with Crippen LogP contribution in [0, 0.1) is 0 Å². The van der Waals surface area contributed by atoms with Crippen molar-refractivity contribution in [1.82, 2.24) is 14.7 Å². The van der Waals surface area contributed by atoms with Gasteiger partial charge in [0.15, 0.2) is 0 Å². The van der Waals surface area contributed by atoms with Crippen LogP contribution >= 0.6 is 0 Å². The minimum Gasteiger partial charge on any atom is -0.381 e. The number of carbonyl (C=O) groups is 3. The molecule has 0 aromatic heterocycles. The first-order chi connectivity index (χ1) is 13.0. The minimum atomic E-state index is -0.145. The Bertz CT molecular complexity index is 401. The summed E-state index contributed by atoms with van der Waals surface area (Å²) in [5, 5.41) is 0. The first kappa shape index (κ1) is 23.3. The van der Waals surface area contributed by atoms with Crippen LogP contribution in [0.1, 0.15) is 40.0 Å². The van der Waals surface area contributed by atoms with E-state index in [0.717, 1.165) is 0 Å². The number of amides is 3. The van der Waals surface area contributed by atoms with Crippen molar-refractivity contribution in [2.24, 2.45) is 0 Å². The van der Waals surface area contributed by atoms with E-state index in [1.165, 1.54) is 14.7 Å². The van der Waals surface area contributed by atoms with E-state index in [1.807, 2.05) is 20.8 Å². The van der Waals surface area contributed by atoms with E-state index in [4.69, 9.17) is 14.2 Å². The van der Waals surface area contributed by atoms with Crippen molar-refractivity contribution in [1.29, 1.82) is 0 Å². The van der Waals surface area contributed by atoms with Crippen LogP contribution in [0.3, 0.4) is 0 Å². The van der Waals surface area contributed by atoms with Gasteiger partial charge >= 0.3 is 0 Å². The Balaban J connectivity index is 2.71. The third-order valence-corrected chi connectivity index (χ3v) is 4.08. The molecule has 1 saturated heterocycles. The molecule has 0 aromatic carbocycles. The molecule has 0 radical (unpaired) electrons. The largest absolute Gasteiger partial charge is 0.381 e. The van der Waals surface area contributed by atoms with Crippen molar-refractivity contribution >= 4 is 17.7 Å². The quantitative estimate of drug-likeness (QED) is 0.457. The third kappa shape index (κ3) is 8.68. The van der Waals surface area contributed by atoms with Gasteiger partial charge < -0.3 is 28.9 Å². The first-order valence-electron chi connectivity index (χ1n) is 9.59. The number of nitrogens with zero attached hydrogens (tertiary/aromatic N) is 3. The molecule has 3 amide bonds. The topological polar surface area (TPSA) is 88.6 Å². The predicted octanol–water partition coefficient (Wildman–Crippen LogP) is 0.638. The van der Waals surface area contributed by atoms with Gasteiger partial charge in [-0.05, 0) is 20.8 Å². The second kappa shape index (κ2) is 13.5. The molecule has 0 aliphatic carbocycles. The molecule has 1 aliphatic rings. The molecule has 27 heavy (non-hydrogen) atoms. The summed E-state index contributed by atoms with van der Waals surface area (Å²) in [6.45, 7) is 8.69. The van der Waals surface area contributed by atoms with Crippen molar-refractivity contribution < 1.29 is 28.6 Å². The van der Waals surface area contributed by atoms with E-state index < -0.39 is 0 Å². The van der Waals surface area contributed by atoms with Crippen molar-refractivity contribution in [2.45, 2.75) is 40.0 Å². The van der Waals surface area contributed by atoms with Gasteiger partial charge in [0.1, 0.15) is 0 Å². The molecule has 0 spiro atoms. The molecule has 0 aromatic rings. The number of ether oxygens (including phenoxy) is 3. The molecule has 9 heteroatoms. The smallest absolute Gasteiger partial charge is 0.227 e. The van der Waals surface area contributed by atoms with E-state index in [2.05, 4.69) is 0 Å².